The first-order valence-electron chi connectivity index (χ1n) is 7.07. The van der Waals surface area contributed by atoms with Gasteiger partial charge in [-0.15, -0.1) is 0 Å². The summed E-state index contributed by atoms with van der Waals surface area (Å²) in [5, 5.41) is 12.3. The molecule has 4 nitrogen and oxygen atoms in total. The molecule has 0 aromatic heterocycles. The van der Waals surface area contributed by atoms with Crippen molar-refractivity contribution in [3.8, 4) is 0 Å². The number of hydrogen-bond acceptors (Lipinski definition) is 3. The Balaban J connectivity index is 2.29. The van der Waals surface area contributed by atoms with E-state index in [9.17, 15) is 23.1 Å². The number of halogens is 3. The summed E-state index contributed by atoms with van der Waals surface area (Å²) in [6, 6.07) is 3.23. The van der Waals surface area contributed by atoms with Gasteiger partial charge in [0.05, 0.1) is 29.0 Å². The predicted molar refractivity (Wildman–Crippen MR) is 77.7 cm³/mol. The van der Waals surface area contributed by atoms with E-state index >= 15 is 0 Å². The molecule has 1 fully saturated rings. The van der Waals surface area contributed by atoms with E-state index in [0.717, 1.165) is 18.6 Å². The van der Waals surface area contributed by atoms with Gasteiger partial charge in [0, 0.05) is 14.1 Å². The van der Waals surface area contributed by atoms with Gasteiger partial charge in [-0.05, 0) is 37.5 Å². The number of nitrogens with one attached hydrogen (secondary N) is 1. The van der Waals surface area contributed by atoms with Crippen LogP contribution in [-0.2, 0) is 11.0 Å². The number of nitrogens with zero attached hydrogens (tertiary/aromatic N) is 1. The molecule has 7 heteroatoms. The second kappa shape index (κ2) is 6.16. The van der Waals surface area contributed by atoms with Gasteiger partial charge in [-0.1, -0.05) is 0 Å². The number of hydrogen-bond donors (Lipinski definition) is 2. The van der Waals surface area contributed by atoms with Crippen molar-refractivity contribution in [3.63, 3.8) is 0 Å². The first-order chi connectivity index (χ1) is 10.2. The lowest BCUT2D eigenvalue weighted by atomic mass is 10.0. The number of carbonyl (C=O) groups is 1. The van der Waals surface area contributed by atoms with Crippen LogP contribution < -0.4 is 10.2 Å². The lowest BCUT2D eigenvalue weighted by molar-refractivity contribution is -0.137. The van der Waals surface area contributed by atoms with Crippen LogP contribution in [0.15, 0.2) is 18.2 Å². The summed E-state index contributed by atoms with van der Waals surface area (Å²) in [6.45, 7) is 0. The van der Waals surface area contributed by atoms with Crippen molar-refractivity contribution in [2.24, 2.45) is 5.92 Å². The lowest BCUT2D eigenvalue weighted by Crippen LogP contribution is -2.29. The standard InChI is InChI=1S/C15H19F3N2O2/c1-20(2)12-7-6-9(15(16,17)18)8-11(12)19-14(22)10-4-3-5-13(10)21/h6-8,10,13,21H,3-5H2,1-2H3,(H,19,22). The maximum Gasteiger partial charge on any atom is 0.416 e. The van der Waals surface area contributed by atoms with E-state index in [1.807, 2.05) is 0 Å². The van der Waals surface area contributed by atoms with Crippen molar-refractivity contribution in [1.82, 2.24) is 0 Å². The van der Waals surface area contributed by atoms with Gasteiger partial charge >= 0.3 is 6.18 Å². The van der Waals surface area contributed by atoms with Crippen LogP contribution in [0.4, 0.5) is 24.5 Å². The van der Waals surface area contributed by atoms with Crippen LogP contribution in [0.3, 0.4) is 0 Å². The van der Waals surface area contributed by atoms with Gasteiger partial charge < -0.3 is 15.3 Å². The molecule has 0 heterocycles. The Labute approximate surface area is 126 Å². The summed E-state index contributed by atoms with van der Waals surface area (Å²) < 4.78 is 38.5. The van der Waals surface area contributed by atoms with Gasteiger partial charge in [0.25, 0.3) is 0 Å². The molecule has 1 aromatic carbocycles. The molecule has 1 aliphatic rings. The van der Waals surface area contributed by atoms with E-state index in [4.69, 9.17) is 0 Å². The molecule has 1 amide bonds. The third-order valence-corrected chi connectivity index (χ3v) is 3.88. The highest BCUT2D eigenvalue weighted by atomic mass is 19.4. The van der Waals surface area contributed by atoms with Crippen LogP contribution >= 0.6 is 0 Å². The van der Waals surface area contributed by atoms with Gasteiger partial charge in [-0.25, -0.2) is 0 Å². The summed E-state index contributed by atoms with van der Waals surface area (Å²) in [6.07, 6.45) is -3.38. The minimum atomic E-state index is -4.48. The van der Waals surface area contributed by atoms with Crippen molar-refractivity contribution in [2.75, 3.05) is 24.3 Å². The molecule has 2 N–H and O–H groups in total. The average molecular weight is 316 g/mol. The molecule has 2 atom stereocenters. The van der Waals surface area contributed by atoms with Crippen molar-refractivity contribution in [3.05, 3.63) is 23.8 Å². The SMILES string of the molecule is CN(C)c1ccc(C(F)(F)F)cc1NC(=O)C1CCCC1O. The highest BCUT2D eigenvalue weighted by Gasteiger charge is 2.34. The number of benzene rings is 1. The maximum atomic E-state index is 12.8. The molecule has 122 valence electrons. The smallest absolute Gasteiger partial charge is 0.392 e. The minimum Gasteiger partial charge on any atom is -0.392 e. The molecule has 1 aliphatic carbocycles. The van der Waals surface area contributed by atoms with Gasteiger partial charge in [-0.3, -0.25) is 4.79 Å². The molecule has 0 saturated heterocycles. The summed E-state index contributed by atoms with van der Waals surface area (Å²) >= 11 is 0. The monoisotopic (exact) mass is 316 g/mol. The second-order valence-electron chi connectivity index (χ2n) is 5.72. The van der Waals surface area contributed by atoms with E-state index in [2.05, 4.69) is 5.32 Å². The third-order valence-electron chi connectivity index (χ3n) is 3.88. The van der Waals surface area contributed by atoms with Gasteiger partial charge in [0.15, 0.2) is 0 Å². The van der Waals surface area contributed by atoms with E-state index in [1.165, 1.54) is 6.07 Å². The quantitative estimate of drug-likeness (QED) is 0.901. The molecule has 22 heavy (non-hydrogen) atoms. The van der Waals surface area contributed by atoms with Gasteiger partial charge in [0.1, 0.15) is 0 Å². The highest BCUT2D eigenvalue weighted by molar-refractivity contribution is 5.96. The molecule has 0 bridgehead atoms. The van der Waals surface area contributed by atoms with Gasteiger partial charge in [0.2, 0.25) is 5.91 Å². The van der Waals surface area contributed by atoms with Crippen LogP contribution in [0.25, 0.3) is 0 Å². The highest BCUT2D eigenvalue weighted by Crippen LogP contribution is 2.35. The zero-order valence-electron chi connectivity index (χ0n) is 12.4. The van der Waals surface area contributed by atoms with Crippen molar-refractivity contribution >= 4 is 17.3 Å². The molecule has 1 aromatic rings. The summed E-state index contributed by atoms with van der Waals surface area (Å²) in [7, 11) is 3.37. The van der Waals surface area contributed by atoms with E-state index < -0.39 is 29.7 Å². The molecular formula is C15H19F3N2O2. The second-order valence-corrected chi connectivity index (χ2v) is 5.72. The fourth-order valence-electron chi connectivity index (χ4n) is 2.67. The Hall–Kier alpha value is -1.76. The van der Waals surface area contributed by atoms with Crippen molar-refractivity contribution in [1.29, 1.82) is 0 Å². The Morgan fingerprint density at radius 3 is 2.50 bits per heavy atom. The van der Waals surface area contributed by atoms with E-state index in [-0.39, 0.29) is 5.69 Å². The fourth-order valence-corrected chi connectivity index (χ4v) is 2.67. The third kappa shape index (κ3) is 3.52. The molecule has 0 radical (unpaired) electrons. The summed E-state index contributed by atoms with van der Waals surface area (Å²) in [4.78, 5) is 13.8. The molecule has 2 unspecified atom stereocenters. The fraction of sp³-hybridized carbons (Fsp3) is 0.533. The zero-order chi connectivity index (χ0) is 16.5. The first kappa shape index (κ1) is 16.6. The van der Waals surface area contributed by atoms with E-state index in [0.29, 0.717) is 18.5 Å². The zero-order valence-corrected chi connectivity index (χ0v) is 12.4. The van der Waals surface area contributed by atoms with Crippen LogP contribution in [-0.4, -0.2) is 31.2 Å². The van der Waals surface area contributed by atoms with Crippen LogP contribution in [0.5, 0.6) is 0 Å². The number of amides is 1. The molecule has 0 spiro atoms. The normalized spacial score (nSPS) is 21.7. The summed E-state index contributed by atoms with van der Waals surface area (Å²) in [5.74, 6) is -1.00. The van der Waals surface area contributed by atoms with Crippen molar-refractivity contribution < 1.29 is 23.1 Å². The van der Waals surface area contributed by atoms with Crippen LogP contribution in [0.2, 0.25) is 0 Å². The Kier molecular flexibility index (Phi) is 4.65. The number of aliphatic hydroxyl groups is 1. The molecule has 0 aliphatic heterocycles. The average Bonchev–Trinajstić information content (AvgIpc) is 2.83. The maximum absolute atomic E-state index is 12.8. The molecule has 1 saturated carbocycles. The first-order valence-corrected chi connectivity index (χ1v) is 7.07. The largest absolute Gasteiger partial charge is 0.416 e. The van der Waals surface area contributed by atoms with Crippen LogP contribution in [0.1, 0.15) is 24.8 Å². The Morgan fingerprint density at radius 2 is 2.00 bits per heavy atom. The number of alkyl halides is 3. The number of aliphatic hydroxyl groups excluding tert-OH is 1. The topological polar surface area (TPSA) is 52.6 Å². The van der Waals surface area contributed by atoms with Gasteiger partial charge in [-0.2, -0.15) is 13.2 Å². The van der Waals surface area contributed by atoms with Crippen LogP contribution in [0, 0.1) is 5.92 Å². The number of carbonyl (C=O) groups excluding carboxylic acids is 1. The summed E-state index contributed by atoms with van der Waals surface area (Å²) in [5.41, 5.74) is -0.238. The van der Waals surface area contributed by atoms with E-state index in [1.54, 1.807) is 19.0 Å². The Morgan fingerprint density at radius 1 is 1.32 bits per heavy atom. The minimum absolute atomic E-state index is 0.101. The molecular weight excluding hydrogens is 297 g/mol. The number of anilines is 2. The molecule has 2 rings (SSSR count). The lowest BCUT2D eigenvalue weighted by Gasteiger charge is -2.21. The predicted octanol–water partition coefficient (Wildman–Crippen LogP) is 2.87. The Bertz CT molecular complexity index is 558. The van der Waals surface area contributed by atoms with Crippen molar-refractivity contribution in [2.45, 2.75) is 31.5 Å². The number of rotatable bonds is 3.